The monoisotopic (exact) mass is 279 g/mol. The van der Waals surface area contributed by atoms with Crippen LogP contribution in [0.2, 0.25) is 0 Å². The number of imidazole rings is 1. The molecular weight excluding hydrogens is 258 g/mol. The van der Waals surface area contributed by atoms with Crippen LogP contribution < -0.4 is 5.32 Å². The summed E-state index contributed by atoms with van der Waals surface area (Å²) < 4.78 is 7.26. The van der Waals surface area contributed by atoms with E-state index in [2.05, 4.69) is 44.8 Å². The number of anilines is 1. The first-order valence-electron chi connectivity index (χ1n) is 6.52. The minimum atomic E-state index is 0.272. The zero-order valence-corrected chi connectivity index (χ0v) is 12.5. The maximum absolute atomic E-state index is 5.10. The molecule has 0 aliphatic heterocycles. The Balaban J connectivity index is 2.02. The molecule has 0 radical (unpaired) electrons. The first-order chi connectivity index (χ1) is 9.20. The van der Waals surface area contributed by atoms with Crippen LogP contribution in [0, 0.1) is 6.92 Å². The van der Waals surface area contributed by atoms with Crippen LogP contribution in [0.15, 0.2) is 23.0 Å². The van der Waals surface area contributed by atoms with E-state index in [-0.39, 0.29) is 6.04 Å². The molecule has 0 amide bonds. The van der Waals surface area contributed by atoms with Gasteiger partial charge in [-0.05, 0) is 42.7 Å². The number of aryl methyl sites for hydroxylation is 2. The zero-order chi connectivity index (χ0) is 13.7. The molecule has 0 aliphatic carbocycles. The summed E-state index contributed by atoms with van der Waals surface area (Å²) in [6.07, 6.45) is 3.08. The van der Waals surface area contributed by atoms with Gasteiger partial charge in [-0.15, -0.1) is 0 Å². The second-order valence-electron chi connectivity index (χ2n) is 4.67. The van der Waals surface area contributed by atoms with Crippen molar-refractivity contribution in [1.82, 2.24) is 9.55 Å². The molecule has 0 spiro atoms. The lowest BCUT2D eigenvalue weighted by Crippen LogP contribution is -2.12. The quantitative estimate of drug-likeness (QED) is 0.789. The molecule has 1 atom stereocenters. The number of hydrogen-bond acceptors (Lipinski definition) is 4. The number of ether oxygens (including phenoxy) is 1. The number of aromatic nitrogens is 2. The maximum Gasteiger partial charge on any atom is 0.203 e. The summed E-state index contributed by atoms with van der Waals surface area (Å²) in [7, 11) is 1.73. The third kappa shape index (κ3) is 3.81. The highest BCUT2D eigenvalue weighted by Crippen LogP contribution is 2.21. The SMILES string of the molecule is COCCCn1cc(C)nc1NC(C)c1ccsc1. The third-order valence-electron chi connectivity index (χ3n) is 3.03. The Labute approximate surface area is 118 Å². The van der Waals surface area contributed by atoms with E-state index >= 15 is 0 Å². The standard InChI is InChI=1S/C14H21N3OS/c1-11-9-17(6-4-7-18-3)14(15-11)16-12(2)13-5-8-19-10-13/h5,8-10,12H,4,6-7H2,1-3H3,(H,15,16). The first kappa shape index (κ1) is 14.1. The van der Waals surface area contributed by atoms with E-state index in [1.54, 1.807) is 18.4 Å². The molecule has 104 valence electrons. The Morgan fingerprint density at radius 3 is 3.05 bits per heavy atom. The van der Waals surface area contributed by atoms with Crippen molar-refractivity contribution in [3.05, 3.63) is 34.3 Å². The van der Waals surface area contributed by atoms with Gasteiger partial charge < -0.3 is 14.6 Å². The molecule has 5 heteroatoms. The van der Waals surface area contributed by atoms with E-state index in [9.17, 15) is 0 Å². The van der Waals surface area contributed by atoms with Crippen molar-refractivity contribution in [2.24, 2.45) is 0 Å². The number of thiophene rings is 1. The minimum absolute atomic E-state index is 0.272. The van der Waals surface area contributed by atoms with E-state index in [0.717, 1.165) is 31.2 Å². The van der Waals surface area contributed by atoms with Crippen LogP contribution in [-0.2, 0) is 11.3 Å². The van der Waals surface area contributed by atoms with Crippen LogP contribution in [0.1, 0.15) is 30.6 Å². The van der Waals surface area contributed by atoms with Crippen LogP contribution in [0.3, 0.4) is 0 Å². The fourth-order valence-corrected chi connectivity index (χ4v) is 2.76. The average molecular weight is 279 g/mol. The number of hydrogen-bond donors (Lipinski definition) is 1. The molecule has 1 N–H and O–H groups in total. The molecular formula is C14H21N3OS. The molecule has 2 rings (SSSR count). The largest absolute Gasteiger partial charge is 0.385 e. The van der Waals surface area contributed by atoms with Gasteiger partial charge in [-0.3, -0.25) is 0 Å². The van der Waals surface area contributed by atoms with Gasteiger partial charge in [-0.25, -0.2) is 4.98 Å². The molecule has 0 saturated carbocycles. The molecule has 1 unspecified atom stereocenters. The lowest BCUT2D eigenvalue weighted by Gasteiger charge is -2.15. The normalized spacial score (nSPS) is 12.6. The number of nitrogens with zero attached hydrogens (tertiary/aromatic N) is 2. The lowest BCUT2D eigenvalue weighted by molar-refractivity contribution is 0.190. The van der Waals surface area contributed by atoms with Crippen LogP contribution in [0.25, 0.3) is 0 Å². The summed E-state index contributed by atoms with van der Waals surface area (Å²) >= 11 is 1.72. The predicted octanol–water partition coefficient (Wildman–Crippen LogP) is 3.46. The van der Waals surface area contributed by atoms with Gasteiger partial charge in [0.15, 0.2) is 0 Å². The molecule has 2 aromatic heterocycles. The number of rotatable bonds is 7. The van der Waals surface area contributed by atoms with Crippen LogP contribution in [0.4, 0.5) is 5.95 Å². The maximum atomic E-state index is 5.10. The van der Waals surface area contributed by atoms with Crippen molar-refractivity contribution in [3.63, 3.8) is 0 Å². The van der Waals surface area contributed by atoms with Crippen molar-refractivity contribution in [1.29, 1.82) is 0 Å². The van der Waals surface area contributed by atoms with Gasteiger partial charge in [0.2, 0.25) is 5.95 Å². The van der Waals surface area contributed by atoms with Crippen molar-refractivity contribution in [2.75, 3.05) is 19.0 Å². The second kappa shape index (κ2) is 6.73. The minimum Gasteiger partial charge on any atom is -0.385 e. The summed E-state index contributed by atoms with van der Waals surface area (Å²) in [6, 6.07) is 2.42. The van der Waals surface area contributed by atoms with Crippen LogP contribution >= 0.6 is 11.3 Å². The fraction of sp³-hybridized carbons (Fsp3) is 0.500. The topological polar surface area (TPSA) is 39.1 Å². The Morgan fingerprint density at radius 1 is 1.53 bits per heavy atom. The molecule has 0 aromatic carbocycles. The molecule has 19 heavy (non-hydrogen) atoms. The van der Waals surface area contributed by atoms with Gasteiger partial charge in [-0.1, -0.05) is 0 Å². The predicted molar refractivity (Wildman–Crippen MR) is 79.8 cm³/mol. The van der Waals surface area contributed by atoms with Gasteiger partial charge in [0.25, 0.3) is 0 Å². The van der Waals surface area contributed by atoms with Gasteiger partial charge in [0.05, 0.1) is 11.7 Å². The van der Waals surface area contributed by atoms with E-state index < -0.39 is 0 Å². The summed E-state index contributed by atoms with van der Waals surface area (Å²) in [5.41, 5.74) is 2.34. The highest BCUT2D eigenvalue weighted by Gasteiger charge is 2.10. The highest BCUT2D eigenvalue weighted by atomic mass is 32.1. The van der Waals surface area contributed by atoms with Crippen molar-refractivity contribution < 1.29 is 4.74 Å². The van der Waals surface area contributed by atoms with Gasteiger partial charge >= 0.3 is 0 Å². The summed E-state index contributed by atoms with van der Waals surface area (Å²) in [5, 5.41) is 7.75. The Kier molecular flexibility index (Phi) is 4.99. The zero-order valence-electron chi connectivity index (χ0n) is 11.7. The molecule has 2 aromatic rings. The van der Waals surface area contributed by atoms with Gasteiger partial charge in [0.1, 0.15) is 0 Å². The Morgan fingerprint density at radius 2 is 2.37 bits per heavy atom. The van der Waals surface area contributed by atoms with E-state index in [0.29, 0.717) is 0 Å². The third-order valence-corrected chi connectivity index (χ3v) is 3.73. The average Bonchev–Trinajstić information content (AvgIpc) is 3.00. The lowest BCUT2D eigenvalue weighted by atomic mass is 10.2. The molecule has 0 aliphatic rings. The molecule has 0 saturated heterocycles. The fourth-order valence-electron chi connectivity index (χ4n) is 2.01. The molecule has 2 heterocycles. The molecule has 0 fully saturated rings. The smallest absolute Gasteiger partial charge is 0.203 e. The summed E-state index contributed by atoms with van der Waals surface area (Å²) in [4.78, 5) is 4.55. The highest BCUT2D eigenvalue weighted by molar-refractivity contribution is 7.07. The summed E-state index contributed by atoms with van der Waals surface area (Å²) in [5.74, 6) is 0.937. The second-order valence-corrected chi connectivity index (χ2v) is 5.45. The van der Waals surface area contributed by atoms with E-state index in [4.69, 9.17) is 4.74 Å². The van der Waals surface area contributed by atoms with E-state index in [1.165, 1.54) is 5.56 Å². The van der Waals surface area contributed by atoms with Gasteiger partial charge in [0, 0.05) is 26.5 Å². The first-order valence-corrected chi connectivity index (χ1v) is 7.46. The Bertz CT molecular complexity index is 493. The van der Waals surface area contributed by atoms with Crippen molar-refractivity contribution >= 4 is 17.3 Å². The van der Waals surface area contributed by atoms with Crippen LogP contribution in [-0.4, -0.2) is 23.3 Å². The van der Waals surface area contributed by atoms with Crippen LogP contribution in [0.5, 0.6) is 0 Å². The molecule has 4 nitrogen and oxygen atoms in total. The molecule has 0 bridgehead atoms. The number of nitrogens with one attached hydrogen (secondary N) is 1. The Hall–Kier alpha value is -1.33. The van der Waals surface area contributed by atoms with Crippen molar-refractivity contribution in [2.45, 2.75) is 32.9 Å². The van der Waals surface area contributed by atoms with E-state index in [1.807, 2.05) is 6.92 Å². The van der Waals surface area contributed by atoms with Crippen molar-refractivity contribution in [3.8, 4) is 0 Å². The summed E-state index contributed by atoms with van der Waals surface area (Å²) in [6.45, 7) is 5.88. The number of methoxy groups -OCH3 is 1. The van der Waals surface area contributed by atoms with Gasteiger partial charge in [-0.2, -0.15) is 11.3 Å².